The van der Waals surface area contributed by atoms with Crippen LogP contribution in [0.4, 0.5) is 0 Å². The van der Waals surface area contributed by atoms with Gasteiger partial charge in [-0.3, -0.25) is 0 Å². The van der Waals surface area contributed by atoms with Gasteiger partial charge in [0, 0.05) is 23.6 Å². The van der Waals surface area contributed by atoms with Crippen LogP contribution in [-0.4, -0.2) is 22.4 Å². The van der Waals surface area contributed by atoms with E-state index in [0.717, 1.165) is 5.59 Å². The molecule has 1 radical (unpaired) electrons. The molecule has 2 nitrogen and oxygen atoms in total. The normalized spacial score (nSPS) is 12.9. The van der Waals surface area contributed by atoms with Crippen LogP contribution < -0.4 is 5.59 Å². The molecule has 1 aromatic heterocycles. The summed E-state index contributed by atoms with van der Waals surface area (Å²) in [5.74, 6) is 0. The Morgan fingerprint density at radius 2 is 1.93 bits per heavy atom. The Morgan fingerprint density at radius 1 is 1.33 bits per heavy atom. The molecular formula is C11H19BNOS. The van der Waals surface area contributed by atoms with E-state index in [9.17, 15) is 0 Å². The average molecular weight is 224 g/mol. The van der Waals surface area contributed by atoms with Crippen molar-refractivity contribution in [2.75, 3.05) is 0 Å². The van der Waals surface area contributed by atoms with Crippen LogP contribution in [-0.2, 0) is 11.7 Å². The standard InChI is InChI=1S/C11H19BNOS/c1-10(2,11(3,4)15)14-12-9-7-6-8-13(9)5/h6-8,15H,1-5H3. The molecular weight excluding hydrogens is 205 g/mol. The Labute approximate surface area is 98.7 Å². The van der Waals surface area contributed by atoms with Crippen LogP contribution in [0.2, 0.25) is 0 Å². The molecule has 0 unspecified atom stereocenters. The third-order valence-corrected chi connectivity index (χ3v) is 3.47. The first-order valence-electron chi connectivity index (χ1n) is 5.09. The molecule has 0 spiro atoms. The van der Waals surface area contributed by atoms with E-state index in [1.165, 1.54) is 0 Å². The van der Waals surface area contributed by atoms with E-state index in [-0.39, 0.29) is 10.3 Å². The minimum atomic E-state index is -0.305. The predicted molar refractivity (Wildman–Crippen MR) is 69.0 cm³/mol. The SMILES string of the molecule is Cn1cccc1[B]OC(C)(C)C(C)(C)S. The molecule has 1 rings (SSSR count). The largest absolute Gasteiger partial charge is 0.427 e. The molecule has 0 aliphatic rings. The summed E-state index contributed by atoms with van der Waals surface area (Å²) in [4.78, 5) is 0. The van der Waals surface area contributed by atoms with Crippen molar-refractivity contribution in [3.8, 4) is 0 Å². The maximum Gasteiger partial charge on any atom is 0.348 e. The molecule has 0 atom stereocenters. The summed E-state index contributed by atoms with van der Waals surface area (Å²) in [5.41, 5.74) is 0.751. The summed E-state index contributed by atoms with van der Waals surface area (Å²) >= 11 is 4.54. The van der Waals surface area contributed by atoms with Gasteiger partial charge in [-0.05, 0) is 39.8 Å². The molecule has 0 bridgehead atoms. The Balaban J connectivity index is 2.61. The van der Waals surface area contributed by atoms with Gasteiger partial charge in [0.25, 0.3) is 0 Å². The Bertz CT molecular complexity index is 328. The number of rotatable bonds is 4. The molecule has 4 heteroatoms. The second-order valence-corrected chi connectivity index (χ2v) is 5.97. The topological polar surface area (TPSA) is 14.2 Å². The molecule has 0 aliphatic carbocycles. The molecule has 0 fully saturated rings. The van der Waals surface area contributed by atoms with Crippen molar-refractivity contribution in [3.63, 3.8) is 0 Å². The first-order chi connectivity index (χ1) is 6.74. The highest BCUT2D eigenvalue weighted by molar-refractivity contribution is 7.81. The summed E-state index contributed by atoms with van der Waals surface area (Å²) in [6.45, 7) is 8.18. The van der Waals surface area contributed by atoms with E-state index in [0.29, 0.717) is 0 Å². The number of nitrogens with zero attached hydrogens (tertiary/aromatic N) is 1. The lowest BCUT2D eigenvalue weighted by atomic mass is 9.87. The van der Waals surface area contributed by atoms with Crippen molar-refractivity contribution in [3.05, 3.63) is 18.3 Å². The summed E-state index contributed by atoms with van der Waals surface area (Å²) in [6.07, 6.45) is 1.99. The number of aryl methyl sites for hydroxylation is 1. The summed E-state index contributed by atoms with van der Waals surface area (Å²) in [5, 5.41) is 0. The predicted octanol–water partition coefficient (Wildman–Crippen LogP) is 1.77. The number of hydrogen-bond acceptors (Lipinski definition) is 2. The maximum absolute atomic E-state index is 5.80. The van der Waals surface area contributed by atoms with Gasteiger partial charge in [-0.15, -0.1) is 0 Å². The fourth-order valence-corrected chi connectivity index (χ4v) is 1.00. The molecule has 83 valence electrons. The third kappa shape index (κ3) is 3.05. The van der Waals surface area contributed by atoms with Crippen LogP contribution in [0.3, 0.4) is 0 Å². The van der Waals surface area contributed by atoms with Crippen LogP contribution in [0.15, 0.2) is 18.3 Å². The zero-order chi connectivity index (χ0) is 11.7. The molecule has 0 amide bonds. The molecule has 0 aromatic carbocycles. The molecule has 0 saturated heterocycles. The Hall–Kier alpha value is -0.345. The maximum atomic E-state index is 5.80. The zero-order valence-corrected chi connectivity index (χ0v) is 11.0. The van der Waals surface area contributed by atoms with Gasteiger partial charge in [0.15, 0.2) is 0 Å². The van der Waals surface area contributed by atoms with Gasteiger partial charge in [-0.2, -0.15) is 12.6 Å². The van der Waals surface area contributed by atoms with Crippen molar-refractivity contribution in [2.24, 2.45) is 7.05 Å². The first kappa shape index (κ1) is 12.7. The average Bonchev–Trinajstić information content (AvgIpc) is 2.46. The van der Waals surface area contributed by atoms with Gasteiger partial charge in [0.05, 0.1) is 5.60 Å². The molecule has 0 saturated carbocycles. The summed E-state index contributed by atoms with van der Waals surface area (Å²) in [6, 6.07) is 4.01. The van der Waals surface area contributed by atoms with E-state index in [1.807, 2.05) is 43.8 Å². The van der Waals surface area contributed by atoms with Crippen molar-refractivity contribution >= 4 is 25.7 Å². The van der Waals surface area contributed by atoms with Crippen molar-refractivity contribution < 1.29 is 4.65 Å². The second-order valence-electron chi connectivity index (χ2n) is 4.85. The minimum Gasteiger partial charge on any atom is -0.427 e. The lowest BCUT2D eigenvalue weighted by Gasteiger charge is -2.38. The van der Waals surface area contributed by atoms with Gasteiger partial charge in [-0.25, -0.2) is 0 Å². The highest BCUT2D eigenvalue weighted by Gasteiger charge is 2.34. The van der Waals surface area contributed by atoms with Gasteiger partial charge >= 0.3 is 7.48 Å². The lowest BCUT2D eigenvalue weighted by molar-refractivity contribution is 0.0852. The number of aromatic nitrogens is 1. The van der Waals surface area contributed by atoms with Gasteiger partial charge in [-0.1, -0.05) is 0 Å². The number of thiol groups is 1. The van der Waals surface area contributed by atoms with Gasteiger partial charge in [0.2, 0.25) is 0 Å². The van der Waals surface area contributed by atoms with Crippen molar-refractivity contribution in [2.45, 2.75) is 38.0 Å². The van der Waals surface area contributed by atoms with Crippen LogP contribution in [0.1, 0.15) is 27.7 Å². The Kier molecular flexibility index (Phi) is 3.61. The minimum absolute atomic E-state index is 0.186. The monoisotopic (exact) mass is 224 g/mol. The molecule has 1 aromatic rings. The molecule has 0 aliphatic heterocycles. The van der Waals surface area contributed by atoms with Crippen molar-refractivity contribution in [1.29, 1.82) is 0 Å². The van der Waals surface area contributed by atoms with Crippen molar-refractivity contribution in [1.82, 2.24) is 4.57 Å². The smallest absolute Gasteiger partial charge is 0.348 e. The van der Waals surface area contributed by atoms with E-state index in [4.69, 9.17) is 4.65 Å². The van der Waals surface area contributed by atoms with Crippen LogP contribution >= 0.6 is 12.6 Å². The van der Waals surface area contributed by atoms with E-state index < -0.39 is 0 Å². The highest BCUT2D eigenvalue weighted by Crippen LogP contribution is 2.30. The highest BCUT2D eigenvalue weighted by atomic mass is 32.1. The summed E-state index contributed by atoms with van der Waals surface area (Å²) < 4.78 is 7.63. The van der Waals surface area contributed by atoms with E-state index in [2.05, 4.69) is 26.5 Å². The molecule has 0 N–H and O–H groups in total. The van der Waals surface area contributed by atoms with Crippen LogP contribution in [0.5, 0.6) is 0 Å². The molecule has 15 heavy (non-hydrogen) atoms. The second kappa shape index (κ2) is 4.26. The van der Waals surface area contributed by atoms with Crippen LogP contribution in [0, 0.1) is 0 Å². The fourth-order valence-electron chi connectivity index (χ4n) is 0.949. The molecule has 1 heterocycles. The van der Waals surface area contributed by atoms with E-state index >= 15 is 0 Å². The summed E-state index contributed by atoms with van der Waals surface area (Å²) in [7, 11) is 3.78. The third-order valence-electron chi connectivity index (χ3n) is 2.93. The first-order valence-corrected chi connectivity index (χ1v) is 5.53. The zero-order valence-electron chi connectivity index (χ0n) is 10.1. The Morgan fingerprint density at radius 3 is 2.33 bits per heavy atom. The van der Waals surface area contributed by atoms with Gasteiger partial charge < -0.3 is 9.22 Å². The lowest BCUT2D eigenvalue weighted by Crippen LogP contribution is -2.46. The quantitative estimate of drug-likeness (QED) is 0.608. The van der Waals surface area contributed by atoms with E-state index in [1.54, 1.807) is 7.48 Å². The van der Waals surface area contributed by atoms with Gasteiger partial charge in [0.1, 0.15) is 0 Å². The fraction of sp³-hybridized carbons (Fsp3) is 0.636. The number of hydrogen-bond donors (Lipinski definition) is 1. The van der Waals surface area contributed by atoms with Crippen LogP contribution in [0.25, 0.3) is 0 Å².